The smallest absolute Gasteiger partial charge is 0.226 e. The predicted molar refractivity (Wildman–Crippen MR) is 108 cm³/mol. The van der Waals surface area contributed by atoms with Crippen LogP contribution in [0.1, 0.15) is 24.5 Å². The Morgan fingerprint density at radius 2 is 1.85 bits per heavy atom. The number of hydrogen-bond donors (Lipinski definition) is 1. The molecule has 0 heterocycles. The number of halogens is 1. The van der Waals surface area contributed by atoms with E-state index >= 15 is 0 Å². The van der Waals surface area contributed by atoms with Crippen LogP contribution in [0, 0.1) is 6.92 Å². The molecular formula is C21H25ClN2O3. The van der Waals surface area contributed by atoms with Gasteiger partial charge in [0.2, 0.25) is 11.8 Å². The van der Waals surface area contributed by atoms with E-state index in [4.69, 9.17) is 16.3 Å². The second-order valence-corrected chi connectivity index (χ2v) is 6.69. The van der Waals surface area contributed by atoms with Gasteiger partial charge in [0.1, 0.15) is 5.75 Å². The van der Waals surface area contributed by atoms with Crippen molar-refractivity contribution in [3.05, 3.63) is 58.6 Å². The number of anilines is 1. The molecule has 0 unspecified atom stereocenters. The van der Waals surface area contributed by atoms with E-state index in [-0.39, 0.29) is 18.2 Å². The molecule has 0 fully saturated rings. The summed E-state index contributed by atoms with van der Waals surface area (Å²) in [5, 5.41) is 3.46. The third-order valence-electron chi connectivity index (χ3n) is 4.44. The molecule has 6 heteroatoms. The Balaban J connectivity index is 1.91. The molecule has 0 atom stereocenters. The molecule has 2 amide bonds. The fourth-order valence-electron chi connectivity index (χ4n) is 2.78. The van der Waals surface area contributed by atoms with E-state index < -0.39 is 0 Å². The van der Waals surface area contributed by atoms with Crippen LogP contribution in [-0.2, 0) is 16.0 Å². The Morgan fingerprint density at radius 1 is 1.11 bits per heavy atom. The van der Waals surface area contributed by atoms with E-state index in [2.05, 4.69) is 5.32 Å². The molecule has 5 nitrogen and oxygen atoms in total. The molecule has 0 saturated carbocycles. The van der Waals surface area contributed by atoms with Gasteiger partial charge in [0, 0.05) is 37.1 Å². The van der Waals surface area contributed by atoms with Crippen molar-refractivity contribution in [2.45, 2.75) is 26.7 Å². The normalized spacial score (nSPS) is 10.4. The summed E-state index contributed by atoms with van der Waals surface area (Å²) in [5.41, 5.74) is 2.55. The second-order valence-electron chi connectivity index (χ2n) is 6.28. The van der Waals surface area contributed by atoms with Crippen molar-refractivity contribution in [1.29, 1.82) is 0 Å². The molecule has 0 aromatic heterocycles. The number of nitrogens with one attached hydrogen (secondary N) is 1. The maximum absolute atomic E-state index is 12.3. The lowest BCUT2D eigenvalue weighted by molar-refractivity contribution is -0.129. The summed E-state index contributed by atoms with van der Waals surface area (Å²) in [7, 11) is 1.63. The molecule has 144 valence electrons. The lowest BCUT2D eigenvalue weighted by atomic mass is 10.1. The highest BCUT2D eigenvalue weighted by atomic mass is 35.5. The van der Waals surface area contributed by atoms with E-state index in [0.717, 1.165) is 16.9 Å². The van der Waals surface area contributed by atoms with Crippen LogP contribution < -0.4 is 10.1 Å². The van der Waals surface area contributed by atoms with Gasteiger partial charge in [-0.25, -0.2) is 0 Å². The second kappa shape index (κ2) is 9.97. The zero-order chi connectivity index (χ0) is 19.8. The molecule has 0 aliphatic carbocycles. The predicted octanol–water partition coefficient (Wildman–Crippen LogP) is 4.08. The van der Waals surface area contributed by atoms with Gasteiger partial charge in [-0.1, -0.05) is 35.9 Å². The van der Waals surface area contributed by atoms with Gasteiger partial charge in [0.15, 0.2) is 0 Å². The summed E-state index contributed by atoms with van der Waals surface area (Å²) in [6.45, 7) is 4.25. The highest BCUT2D eigenvalue weighted by Gasteiger charge is 2.13. The number of hydrogen-bond acceptors (Lipinski definition) is 3. The van der Waals surface area contributed by atoms with E-state index in [9.17, 15) is 9.59 Å². The third kappa shape index (κ3) is 6.00. The molecule has 0 bridgehead atoms. The molecule has 2 aromatic carbocycles. The maximum atomic E-state index is 12.3. The van der Waals surface area contributed by atoms with Gasteiger partial charge in [0.25, 0.3) is 0 Å². The quantitative estimate of drug-likeness (QED) is 0.741. The third-order valence-corrected chi connectivity index (χ3v) is 4.85. The molecule has 0 radical (unpaired) electrons. The molecule has 0 aliphatic rings. The maximum Gasteiger partial charge on any atom is 0.226 e. The van der Waals surface area contributed by atoms with Gasteiger partial charge in [-0.2, -0.15) is 0 Å². The number of ether oxygens (including phenoxy) is 1. The van der Waals surface area contributed by atoms with E-state index in [1.54, 1.807) is 24.1 Å². The van der Waals surface area contributed by atoms with Crippen LogP contribution in [0.3, 0.4) is 0 Å². The first-order valence-corrected chi connectivity index (χ1v) is 9.22. The van der Waals surface area contributed by atoms with Crippen LogP contribution in [0.2, 0.25) is 5.02 Å². The van der Waals surface area contributed by atoms with E-state index in [1.165, 1.54) is 6.92 Å². The van der Waals surface area contributed by atoms with Crippen LogP contribution in [0.15, 0.2) is 42.5 Å². The summed E-state index contributed by atoms with van der Waals surface area (Å²) in [5.74, 6) is 0.593. The molecule has 1 N–H and O–H groups in total. The van der Waals surface area contributed by atoms with Crippen molar-refractivity contribution in [2.24, 2.45) is 0 Å². The number of carbonyl (C=O) groups excluding carboxylic acids is 2. The fourth-order valence-corrected chi connectivity index (χ4v) is 2.96. The van der Waals surface area contributed by atoms with Crippen molar-refractivity contribution in [2.75, 3.05) is 25.5 Å². The standard InChI is InChI=1S/C21H25ClN2O3/c1-15-18(22)8-6-9-19(15)23-21(26)12-14-24(16(2)25)13-11-17-7-4-5-10-20(17)27-3/h4-10H,11-14H2,1-3H3,(H,23,26). The van der Waals surface area contributed by atoms with Crippen molar-refractivity contribution < 1.29 is 14.3 Å². The average molecular weight is 389 g/mol. The van der Waals surface area contributed by atoms with Crippen LogP contribution in [0.25, 0.3) is 0 Å². The summed E-state index contributed by atoms with van der Waals surface area (Å²) in [6, 6.07) is 13.1. The largest absolute Gasteiger partial charge is 0.496 e. The van der Waals surface area contributed by atoms with Crippen LogP contribution in [0.4, 0.5) is 5.69 Å². The van der Waals surface area contributed by atoms with Gasteiger partial charge < -0.3 is 15.0 Å². The average Bonchev–Trinajstić information content (AvgIpc) is 2.65. The number of methoxy groups -OCH3 is 1. The van der Waals surface area contributed by atoms with Gasteiger partial charge in [-0.05, 0) is 42.7 Å². The Bertz CT molecular complexity index is 808. The van der Waals surface area contributed by atoms with Gasteiger partial charge >= 0.3 is 0 Å². The van der Waals surface area contributed by atoms with Gasteiger partial charge in [-0.3, -0.25) is 9.59 Å². The Morgan fingerprint density at radius 3 is 2.56 bits per heavy atom. The SMILES string of the molecule is COc1ccccc1CCN(CCC(=O)Nc1cccc(Cl)c1C)C(C)=O. The minimum absolute atomic E-state index is 0.0587. The first-order valence-electron chi connectivity index (χ1n) is 8.84. The number of para-hydroxylation sites is 1. The zero-order valence-corrected chi connectivity index (χ0v) is 16.7. The van der Waals surface area contributed by atoms with E-state index in [1.807, 2.05) is 37.3 Å². The van der Waals surface area contributed by atoms with Crippen molar-refractivity contribution in [3.63, 3.8) is 0 Å². The number of rotatable bonds is 8. The Labute approximate surface area is 165 Å². The lowest BCUT2D eigenvalue weighted by Crippen LogP contribution is -2.33. The minimum atomic E-state index is -0.149. The Kier molecular flexibility index (Phi) is 7.67. The van der Waals surface area contributed by atoms with Crippen molar-refractivity contribution in [3.8, 4) is 5.75 Å². The topological polar surface area (TPSA) is 58.6 Å². The van der Waals surface area contributed by atoms with Crippen molar-refractivity contribution in [1.82, 2.24) is 4.90 Å². The molecule has 27 heavy (non-hydrogen) atoms. The molecule has 0 saturated heterocycles. The molecule has 0 aliphatic heterocycles. The first kappa shape index (κ1) is 20.8. The summed E-state index contributed by atoms with van der Waals surface area (Å²) >= 11 is 6.08. The van der Waals surface area contributed by atoms with Gasteiger partial charge in [0.05, 0.1) is 7.11 Å². The number of benzene rings is 2. The molecule has 2 aromatic rings. The number of amides is 2. The van der Waals surface area contributed by atoms with E-state index in [0.29, 0.717) is 30.2 Å². The van der Waals surface area contributed by atoms with Crippen LogP contribution >= 0.6 is 11.6 Å². The van der Waals surface area contributed by atoms with Crippen LogP contribution in [-0.4, -0.2) is 36.9 Å². The molecular weight excluding hydrogens is 364 g/mol. The van der Waals surface area contributed by atoms with Gasteiger partial charge in [-0.15, -0.1) is 0 Å². The number of carbonyl (C=O) groups is 2. The highest BCUT2D eigenvalue weighted by Crippen LogP contribution is 2.23. The zero-order valence-electron chi connectivity index (χ0n) is 15.9. The van der Waals surface area contributed by atoms with Crippen molar-refractivity contribution >= 4 is 29.1 Å². The highest BCUT2D eigenvalue weighted by molar-refractivity contribution is 6.31. The summed E-state index contributed by atoms with van der Waals surface area (Å²) in [6.07, 6.45) is 0.885. The first-order chi connectivity index (χ1) is 12.9. The minimum Gasteiger partial charge on any atom is -0.496 e. The fraction of sp³-hybridized carbons (Fsp3) is 0.333. The number of nitrogens with zero attached hydrogens (tertiary/aromatic N) is 1. The summed E-state index contributed by atoms with van der Waals surface area (Å²) in [4.78, 5) is 25.9. The summed E-state index contributed by atoms with van der Waals surface area (Å²) < 4.78 is 5.35. The lowest BCUT2D eigenvalue weighted by Gasteiger charge is -2.21. The molecule has 2 rings (SSSR count). The molecule has 0 spiro atoms. The monoisotopic (exact) mass is 388 g/mol. The Hall–Kier alpha value is -2.53. The van der Waals surface area contributed by atoms with Crippen LogP contribution in [0.5, 0.6) is 5.75 Å².